The fourth-order valence-corrected chi connectivity index (χ4v) is 4.05. The maximum absolute atomic E-state index is 12.3. The molecule has 0 saturated carbocycles. The first kappa shape index (κ1) is 15.2. The lowest BCUT2D eigenvalue weighted by Gasteiger charge is -2.11. The van der Waals surface area contributed by atoms with Crippen LogP contribution in [-0.4, -0.2) is 18.5 Å². The smallest absolute Gasteiger partial charge is 0.244 e. The van der Waals surface area contributed by atoms with Gasteiger partial charge in [-0.15, -0.1) is 11.3 Å². The molecule has 0 amide bonds. The highest BCUT2D eigenvalue weighted by atomic mass is 32.2. The van der Waals surface area contributed by atoms with Crippen LogP contribution in [0.3, 0.4) is 0 Å². The Morgan fingerprint density at radius 2 is 2.20 bits per heavy atom. The van der Waals surface area contributed by atoms with Gasteiger partial charge in [-0.3, -0.25) is 0 Å². The second-order valence-electron chi connectivity index (χ2n) is 4.44. The van der Waals surface area contributed by atoms with Crippen LogP contribution in [0.1, 0.15) is 34.4 Å². The van der Waals surface area contributed by atoms with Gasteiger partial charge in [0.2, 0.25) is 10.0 Å². The Kier molecular flexibility index (Phi) is 4.28. The first-order valence-corrected chi connectivity index (χ1v) is 8.28. The number of rotatable bonds is 5. The molecule has 0 radical (unpaired) electrons. The number of aryl methyl sites for hydroxylation is 2. The first-order chi connectivity index (χ1) is 9.33. The second-order valence-corrected chi connectivity index (χ2v) is 7.39. The number of furan rings is 1. The van der Waals surface area contributed by atoms with E-state index in [4.69, 9.17) is 9.52 Å². The minimum Gasteiger partial charge on any atom is -0.462 e. The monoisotopic (exact) mass is 316 g/mol. The van der Waals surface area contributed by atoms with E-state index >= 15 is 0 Å². The maximum atomic E-state index is 12.3. The minimum atomic E-state index is -3.71. The summed E-state index contributed by atoms with van der Waals surface area (Å²) < 4.78 is 32.3. The zero-order valence-corrected chi connectivity index (χ0v) is 13.0. The van der Waals surface area contributed by atoms with Crippen LogP contribution in [0.5, 0.6) is 0 Å². The summed E-state index contributed by atoms with van der Waals surface area (Å²) in [6.45, 7) is 4.86. The van der Waals surface area contributed by atoms with Gasteiger partial charge in [-0.2, -0.15) is 0 Å². The third-order valence-corrected chi connectivity index (χ3v) is 5.45. The Morgan fingerprint density at radius 3 is 2.70 bits per heavy atom. The van der Waals surface area contributed by atoms with Crippen LogP contribution in [0, 0.1) is 13.8 Å². The molecule has 2 aromatic rings. The van der Waals surface area contributed by atoms with Crippen LogP contribution in [-0.2, 0) is 16.6 Å². The molecule has 0 spiro atoms. The van der Waals surface area contributed by atoms with Crippen LogP contribution >= 0.6 is 11.3 Å². The molecule has 110 valence electrons. The van der Waals surface area contributed by atoms with E-state index in [0.717, 1.165) is 4.88 Å². The summed E-state index contributed by atoms with van der Waals surface area (Å²) in [5, 5.41) is 9.69. The number of nitrogens with zero attached hydrogens (tertiary/aromatic N) is 1. The van der Waals surface area contributed by atoms with Crippen molar-refractivity contribution in [1.82, 2.24) is 9.71 Å². The van der Waals surface area contributed by atoms with Gasteiger partial charge < -0.3 is 9.52 Å². The van der Waals surface area contributed by atoms with E-state index in [1.165, 1.54) is 17.4 Å². The van der Waals surface area contributed by atoms with Gasteiger partial charge in [-0.25, -0.2) is 18.1 Å². The van der Waals surface area contributed by atoms with Crippen molar-refractivity contribution in [2.75, 3.05) is 0 Å². The van der Waals surface area contributed by atoms with Crippen molar-refractivity contribution in [1.29, 1.82) is 0 Å². The fraction of sp³-hybridized carbons (Fsp3) is 0.417. The topological polar surface area (TPSA) is 92.4 Å². The molecule has 8 heteroatoms. The SMILES string of the molecule is Cc1cnc(C(C)NS(=O)(=O)c2cc(CO)oc2C)s1. The molecule has 0 bridgehead atoms. The predicted molar refractivity (Wildman–Crippen MR) is 75.0 cm³/mol. The van der Waals surface area contributed by atoms with Crippen molar-refractivity contribution in [3.8, 4) is 0 Å². The summed E-state index contributed by atoms with van der Waals surface area (Å²) in [6.07, 6.45) is 1.71. The van der Waals surface area contributed by atoms with E-state index < -0.39 is 16.1 Å². The maximum Gasteiger partial charge on any atom is 0.244 e. The van der Waals surface area contributed by atoms with Crippen molar-refractivity contribution < 1.29 is 17.9 Å². The number of aliphatic hydroxyl groups excluding tert-OH is 1. The van der Waals surface area contributed by atoms with Gasteiger partial charge in [0.25, 0.3) is 0 Å². The van der Waals surface area contributed by atoms with Crippen LogP contribution in [0.15, 0.2) is 21.6 Å². The van der Waals surface area contributed by atoms with Crippen LogP contribution in [0.2, 0.25) is 0 Å². The van der Waals surface area contributed by atoms with Crippen molar-refractivity contribution in [2.24, 2.45) is 0 Å². The van der Waals surface area contributed by atoms with Crippen molar-refractivity contribution in [3.05, 3.63) is 33.7 Å². The summed E-state index contributed by atoms with van der Waals surface area (Å²) >= 11 is 1.44. The van der Waals surface area contributed by atoms with E-state index in [1.807, 2.05) is 6.92 Å². The van der Waals surface area contributed by atoms with E-state index in [9.17, 15) is 8.42 Å². The normalized spacial score (nSPS) is 13.6. The molecule has 1 unspecified atom stereocenters. The molecule has 1 atom stereocenters. The summed E-state index contributed by atoms with van der Waals surface area (Å²) in [5.41, 5.74) is 0. The molecule has 20 heavy (non-hydrogen) atoms. The number of thiazole rings is 1. The lowest BCUT2D eigenvalue weighted by Crippen LogP contribution is -2.27. The molecule has 2 aromatic heterocycles. The second kappa shape index (κ2) is 5.65. The molecule has 2 N–H and O–H groups in total. The van der Waals surface area contributed by atoms with Crippen molar-refractivity contribution >= 4 is 21.4 Å². The number of aromatic nitrogens is 1. The molecule has 0 saturated heterocycles. The first-order valence-electron chi connectivity index (χ1n) is 5.98. The van der Waals surface area contributed by atoms with E-state index in [0.29, 0.717) is 5.01 Å². The van der Waals surface area contributed by atoms with Gasteiger partial charge in [-0.05, 0) is 20.8 Å². The van der Waals surface area contributed by atoms with Gasteiger partial charge in [0.1, 0.15) is 28.0 Å². The largest absolute Gasteiger partial charge is 0.462 e. The van der Waals surface area contributed by atoms with Crippen molar-refractivity contribution in [2.45, 2.75) is 38.3 Å². The summed E-state index contributed by atoms with van der Waals surface area (Å²) in [4.78, 5) is 5.23. The Bertz CT molecular complexity index is 703. The van der Waals surface area contributed by atoms with Gasteiger partial charge in [-0.1, -0.05) is 0 Å². The predicted octanol–water partition coefficient (Wildman–Crippen LogP) is 1.88. The molecular weight excluding hydrogens is 300 g/mol. The molecule has 0 aliphatic rings. The molecular formula is C12H16N2O4S2. The quantitative estimate of drug-likeness (QED) is 0.878. The van der Waals surface area contributed by atoms with Gasteiger partial charge in [0.15, 0.2) is 0 Å². The standard InChI is InChI=1S/C12H16N2O4S2/c1-7-5-13-12(19-7)8(2)14-20(16,17)11-4-10(6-15)18-9(11)3/h4-5,8,14-15H,6H2,1-3H3. The van der Waals surface area contributed by atoms with Gasteiger partial charge >= 0.3 is 0 Å². The fourth-order valence-electron chi connectivity index (χ4n) is 1.79. The van der Waals surface area contributed by atoms with Crippen molar-refractivity contribution in [3.63, 3.8) is 0 Å². The lowest BCUT2D eigenvalue weighted by molar-refractivity contribution is 0.244. The number of hydrogen-bond donors (Lipinski definition) is 2. The summed E-state index contributed by atoms with van der Waals surface area (Å²) in [5.74, 6) is 0.477. The number of nitrogens with one attached hydrogen (secondary N) is 1. The van der Waals surface area contributed by atoms with Gasteiger partial charge in [0.05, 0.1) is 6.04 Å². The van der Waals surface area contributed by atoms with Crippen LogP contribution < -0.4 is 4.72 Å². The molecule has 0 aromatic carbocycles. The summed E-state index contributed by atoms with van der Waals surface area (Å²) in [7, 11) is -3.71. The van der Waals surface area contributed by atoms with E-state index in [-0.39, 0.29) is 23.0 Å². The van der Waals surface area contributed by atoms with Crippen LogP contribution in [0.4, 0.5) is 0 Å². The lowest BCUT2D eigenvalue weighted by atomic mass is 10.4. The molecule has 0 aliphatic heterocycles. The molecule has 2 rings (SSSR count). The number of sulfonamides is 1. The van der Waals surface area contributed by atoms with E-state index in [2.05, 4.69) is 9.71 Å². The highest BCUT2D eigenvalue weighted by Crippen LogP contribution is 2.24. The summed E-state index contributed by atoms with van der Waals surface area (Å²) in [6, 6.07) is 0.905. The Labute approximate surface area is 121 Å². The zero-order chi connectivity index (χ0) is 14.9. The van der Waals surface area contributed by atoms with Crippen LogP contribution in [0.25, 0.3) is 0 Å². The number of hydrogen-bond acceptors (Lipinski definition) is 6. The molecule has 0 aliphatic carbocycles. The number of aliphatic hydroxyl groups is 1. The average molecular weight is 316 g/mol. The Morgan fingerprint density at radius 1 is 1.50 bits per heavy atom. The minimum absolute atomic E-state index is 0.0432. The zero-order valence-electron chi connectivity index (χ0n) is 11.4. The van der Waals surface area contributed by atoms with Gasteiger partial charge in [0, 0.05) is 17.1 Å². The highest BCUT2D eigenvalue weighted by Gasteiger charge is 2.24. The third-order valence-electron chi connectivity index (χ3n) is 2.71. The molecule has 0 fully saturated rings. The highest BCUT2D eigenvalue weighted by molar-refractivity contribution is 7.89. The molecule has 2 heterocycles. The average Bonchev–Trinajstić information content (AvgIpc) is 2.95. The van der Waals surface area contributed by atoms with E-state index in [1.54, 1.807) is 20.0 Å². The third kappa shape index (κ3) is 3.09. The Balaban J connectivity index is 2.24. The Hall–Kier alpha value is -1.22. The molecule has 6 nitrogen and oxygen atoms in total.